The van der Waals surface area contributed by atoms with Crippen LogP contribution in [-0.4, -0.2) is 4.92 Å². The van der Waals surface area contributed by atoms with Gasteiger partial charge in [0.25, 0.3) is 5.69 Å². The van der Waals surface area contributed by atoms with Crippen LogP contribution in [0.2, 0.25) is 0 Å². The molecule has 0 aliphatic carbocycles. The molecule has 0 amide bonds. The summed E-state index contributed by atoms with van der Waals surface area (Å²) in [5, 5.41) is 11.0. The minimum Gasteiger partial charge on any atom is -0.489 e. The third-order valence-electron chi connectivity index (χ3n) is 2.80. The molecule has 0 bridgehead atoms. The second-order valence-electron chi connectivity index (χ2n) is 4.21. The Morgan fingerprint density at radius 2 is 1.90 bits per heavy atom. The molecule has 0 fully saturated rings. The molecular formula is C14H10Br2ClNO3. The zero-order valence-electron chi connectivity index (χ0n) is 10.7. The van der Waals surface area contributed by atoms with Crippen molar-refractivity contribution in [2.75, 3.05) is 0 Å². The molecule has 0 heterocycles. The van der Waals surface area contributed by atoms with Crippen LogP contribution in [-0.2, 0) is 12.5 Å². The summed E-state index contributed by atoms with van der Waals surface area (Å²) < 4.78 is 7.18. The monoisotopic (exact) mass is 433 g/mol. The summed E-state index contributed by atoms with van der Waals surface area (Å²) in [6.07, 6.45) is 0. The van der Waals surface area contributed by atoms with Crippen LogP contribution >= 0.6 is 43.5 Å². The smallest absolute Gasteiger partial charge is 0.277 e. The molecule has 0 unspecified atom stereocenters. The van der Waals surface area contributed by atoms with Crippen molar-refractivity contribution in [2.45, 2.75) is 12.5 Å². The van der Waals surface area contributed by atoms with E-state index in [1.807, 2.05) is 12.1 Å². The topological polar surface area (TPSA) is 52.4 Å². The Balaban J connectivity index is 2.18. The zero-order valence-corrected chi connectivity index (χ0v) is 14.6. The lowest BCUT2D eigenvalue weighted by Crippen LogP contribution is -2.01. The van der Waals surface area contributed by atoms with Crippen molar-refractivity contribution in [3.8, 4) is 5.75 Å². The van der Waals surface area contributed by atoms with E-state index in [4.69, 9.17) is 16.3 Å². The van der Waals surface area contributed by atoms with Crippen molar-refractivity contribution in [3.63, 3.8) is 0 Å². The maximum atomic E-state index is 11.0. The van der Waals surface area contributed by atoms with Crippen LogP contribution in [0.25, 0.3) is 0 Å². The molecule has 0 N–H and O–H groups in total. The minimum atomic E-state index is -0.421. The molecule has 2 aromatic rings. The molecule has 0 aromatic heterocycles. The number of alkyl halides is 1. The first-order valence-electron chi connectivity index (χ1n) is 5.91. The van der Waals surface area contributed by atoms with Crippen LogP contribution in [0.15, 0.2) is 45.3 Å². The standard InChI is InChI=1S/C14H10Br2ClNO3/c15-11-2-1-9(14(6-11)18(19)20)8-21-12-3-4-13(16)10(5-12)7-17/h1-6H,7-8H2. The fraction of sp³-hybridized carbons (Fsp3) is 0.143. The van der Waals surface area contributed by atoms with E-state index >= 15 is 0 Å². The van der Waals surface area contributed by atoms with E-state index in [1.54, 1.807) is 18.2 Å². The predicted molar refractivity (Wildman–Crippen MR) is 88.8 cm³/mol. The van der Waals surface area contributed by atoms with Gasteiger partial charge in [-0.05, 0) is 35.9 Å². The van der Waals surface area contributed by atoms with Crippen LogP contribution in [0, 0.1) is 10.1 Å². The molecule has 110 valence electrons. The number of hydrogen-bond donors (Lipinski definition) is 0. The van der Waals surface area contributed by atoms with Gasteiger partial charge in [-0.25, -0.2) is 0 Å². The fourth-order valence-electron chi connectivity index (χ4n) is 1.73. The first-order chi connectivity index (χ1) is 10.0. The Kier molecular flexibility index (Phi) is 5.61. The number of nitro groups is 1. The van der Waals surface area contributed by atoms with Crippen molar-refractivity contribution in [2.24, 2.45) is 0 Å². The van der Waals surface area contributed by atoms with Crippen LogP contribution in [0.4, 0.5) is 5.69 Å². The van der Waals surface area contributed by atoms with Gasteiger partial charge in [0.2, 0.25) is 0 Å². The van der Waals surface area contributed by atoms with Crippen LogP contribution in [0.1, 0.15) is 11.1 Å². The Hall–Kier alpha value is -1.11. The van der Waals surface area contributed by atoms with Crippen molar-refractivity contribution < 1.29 is 9.66 Å². The molecule has 0 saturated heterocycles. The number of nitro benzene ring substituents is 1. The summed E-state index contributed by atoms with van der Waals surface area (Å²) in [7, 11) is 0. The van der Waals surface area contributed by atoms with Gasteiger partial charge in [0.1, 0.15) is 12.4 Å². The molecule has 4 nitrogen and oxygen atoms in total. The van der Waals surface area contributed by atoms with E-state index in [0.717, 1.165) is 10.0 Å². The number of hydrogen-bond acceptors (Lipinski definition) is 3. The van der Waals surface area contributed by atoms with Gasteiger partial charge in [0.15, 0.2) is 0 Å². The summed E-state index contributed by atoms with van der Waals surface area (Å²) in [5.41, 5.74) is 1.44. The molecule has 0 saturated carbocycles. The first kappa shape index (κ1) is 16.3. The van der Waals surface area contributed by atoms with Gasteiger partial charge in [-0.15, -0.1) is 11.6 Å². The highest BCUT2D eigenvalue weighted by Crippen LogP contribution is 2.27. The van der Waals surface area contributed by atoms with Crippen LogP contribution < -0.4 is 4.74 Å². The Labute approximate surface area is 143 Å². The van der Waals surface area contributed by atoms with Crippen LogP contribution in [0.5, 0.6) is 5.75 Å². The lowest BCUT2D eigenvalue weighted by atomic mass is 10.2. The molecule has 0 aliphatic heterocycles. The van der Waals surface area contributed by atoms with E-state index < -0.39 is 4.92 Å². The zero-order chi connectivity index (χ0) is 15.4. The molecule has 7 heteroatoms. The number of nitrogens with zero attached hydrogens (tertiary/aromatic N) is 1. The molecule has 0 aliphatic rings. The van der Waals surface area contributed by atoms with E-state index in [-0.39, 0.29) is 12.3 Å². The molecule has 21 heavy (non-hydrogen) atoms. The maximum Gasteiger partial charge on any atom is 0.277 e. The Morgan fingerprint density at radius 1 is 1.14 bits per heavy atom. The number of benzene rings is 2. The summed E-state index contributed by atoms with van der Waals surface area (Å²) in [6.45, 7) is 0.118. The summed E-state index contributed by atoms with van der Waals surface area (Å²) >= 11 is 12.4. The van der Waals surface area contributed by atoms with Crippen molar-refractivity contribution in [1.82, 2.24) is 0 Å². The van der Waals surface area contributed by atoms with E-state index in [1.165, 1.54) is 6.07 Å². The second-order valence-corrected chi connectivity index (χ2v) is 6.24. The highest BCUT2D eigenvalue weighted by Gasteiger charge is 2.14. The first-order valence-corrected chi connectivity index (χ1v) is 8.03. The van der Waals surface area contributed by atoms with Gasteiger partial charge in [-0.1, -0.05) is 31.9 Å². The lowest BCUT2D eigenvalue weighted by Gasteiger charge is -2.09. The molecule has 2 rings (SSSR count). The van der Waals surface area contributed by atoms with E-state index in [2.05, 4.69) is 31.9 Å². The van der Waals surface area contributed by atoms with E-state index in [9.17, 15) is 10.1 Å². The van der Waals surface area contributed by atoms with Crippen molar-refractivity contribution in [3.05, 3.63) is 66.6 Å². The Bertz CT molecular complexity index is 679. The van der Waals surface area contributed by atoms with Gasteiger partial charge in [0, 0.05) is 20.9 Å². The van der Waals surface area contributed by atoms with Gasteiger partial charge in [0.05, 0.1) is 10.5 Å². The normalized spacial score (nSPS) is 10.4. The third kappa shape index (κ3) is 4.18. The predicted octanol–water partition coefficient (Wildman–Crippen LogP) is 5.44. The van der Waals surface area contributed by atoms with E-state index in [0.29, 0.717) is 21.7 Å². The highest BCUT2D eigenvalue weighted by atomic mass is 79.9. The molecule has 0 radical (unpaired) electrons. The number of rotatable bonds is 5. The quantitative estimate of drug-likeness (QED) is 0.357. The van der Waals surface area contributed by atoms with Gasteiger partial charge in [-0.2, -0.15) is 0 Å². The lowest BCUT2D eigenvalue weighted by molar-refractivity contribution is -0.385. The van der Waals surface area contributed by atoms with Gasteiger partial charge < -0.3 is 4.74 Å². The molecule has 2 aromatic carbocycles. The Morgan fingerprint density at radius 3 is 2.57 bits per heavy atom. The number of ether oxygens (including phenoxy) is 1. The summed E-state index contributed by atoms with van der Waals surface area (Å²) in [5.74, 6) is 0.974. The average Bonchev–Trinajstić information content (AvgIpc) is 2.47. The second kappa shape index (κ2) is 7.24. The fourth-order valence-corrected chi connectivity index (χ4v) is 2.85. The van der Waals surface area contributed by atoms with Gasteiger partial charge in [-0.3, -0.25) is 10.1 Å². The van der Waals surface area contributed by atoms with Crippen LogP contribution in [0.3, 0.4) is 0 Å². The third-order valence-corrected chi connectivity index (χ3v) is 4.35. The van der Waals surface area contributed by atoms with Gasteiger partial charge >= 0.3 is 0 Å². The highest BCUT2D eigenvalue weighted by molar-refractivity contribution is 9.10. The largest absolute Gasteiger partial charge is 0.489 e. The molecule has 0 atom stereocenters. The molecular weight excluding hydrogens is 425 g/mol. The maximum absolute atomic E-state index is 11.0. The SMILES string of the molecule is O=[N+]([O-])c1cc(Br)ccc1COc1ccc(Br)c(CCl)c1. The van der Waals surface area contributed by atoms with Crippen molar-refractivity contribution >= 4 is 49.1 Å². The minimum absolute atomic E-state index is 0.0269. The summed E-state index contributed by atoms with van der Waals surface area (Å²) in [6, 6.07) is 10.3. The summed E-state index contributed by atoms with van der Waals surface area (Å²) in [4.78, 5) is 10.6. The van der Waals surface area contributed by atoms with Crippen molar-refractivity contribution in [1.29, 1.82) is 0 Å². The number of halogens is 3. The average molecular weight is 435 g/mol. The molecule has 0 spiro atoms.